The van der Waals surface area contributed by atoms with E-state index in [4.69, 9.17) is 13.0 Å². The zero-order chi connectivity index (χ0) is 10.1. The molecule has 66 valence electrons. The Balaban J connectivity index is 3.14. The number of hydrogen-bond donors (Lipinski definition) is 1. The van der Waals surface area contributed by atoms with Crippen LogP contribution in [-0.2, 0) is 10.2 Å². The molecular weight excluding hydrogens is 163 g/mol. The number of carbonyl (C=O) groups is 1. The minimum absolute atomic E-state index is 0.590. The van der Waals surface area contributed by atoms with E-state index >= 15 is 0 Å². The Morgan fingerprint density at radius 1 is 1.46 bits per heavy atom. The second kappa shape index (κ2) is 3.25. The molecule has 3 heteroatoms. The molecule has 0 spiro atoms. The van der Waals surface area contributed by atoms with Crippen LogP contribution in [0.25, 0.3) is 0 Å². The van der Waals surface area contributed by atoms with Gasteiger partial charge in [-0.2, -0.15) is 0 Å². The average molecular weight is 174 g/mol. The van der Waals surface area contributed by atoms with Gasteiger partial charge in [0.1, 0.15) is 7.85 Å². The maximum absolute atomic E-state index is 10.9. The highest BCUT2D eigenvalue weighted by Crippen LogP contribution is 2.21. The van der Waals surface area contributed by atoms with Crippen LogP contribution in [0, 0.1) is 0 Å². The van der Waals surface area contributed by atoms with Gasteiger partial charge in [-0.3, -0.25) is 4.79 Å². The molecule has 0 aliphatic carbocycles. The van der Waals surface area contributed by atoms with Crippen LogP contribution in [-0.4, -0.2) is 18.9 Å². The molecule has 1 aromatic carbocycles. The SMILES string of the molecule is [B]c1cccc(C(C)(C)C(=O)O)c1. The van der Waals surface area contributed by atoms with Gasteiger partial charge in [-0.1, -0.05) is 29.7 Å². The minimum Gasteiger partial charge on any atom is -0.481 e. The van der Waals surface area contributed by atoms with Gasteiger partial charge >= 0.3 is 5.97 Å². The molecule has 1 rings (SSSR count). The molecule has 13 heavy (non-hydrogen) atoms. The first-order chi connectivity index (χ1) is 5.94. The molecule has 0 bridgehead atoms. The third-order valence-corrected chi connectivity index (χ3v) is 2.14. The van der Waals surface area contributed by atoms with Crippen molar-refractivity contribution in [1.29, 1.82) is 0 Å². The monoisotopic (exact) mass is 174 g/mol. The number of benzene rings is 1. The third-order valence-electron chi connectivity index (χ3n) is 2.14. The highest BCUT2D eigenvalue weighted by molar-refractivity contribution is 6.32. The van der Waals surface area contributed by atoms with E-state index in [9.17, 15) is 4.79 Å². The zero-order valence-corrected chi connectivity index (χ0v) is 7.74. The highest BCUT2D eigenvalue weighted by atomic mass is 16.4. The van der Waals surface area contributed by atoms with Gasteiger partial charge in [0, 0.05) is 0 Å². The summed E-state index contributed by atoms with van der Waals surface area (Å²) < 4.78 is 0. The summed E-state index contributed by atoms with van der Waals surface area (Å²) >= 11 is 0. The van der Waals surface area contributed by atoms with E-state index in [2.05, 4.69) is 0 Å². The Labute approximate surface area is 79.0 Å². The molecule has 0 aliphatic heterocycles. The van der Waals surface area contributed by atoms with Gasteiger partial charge in [0.15, 0.2) is 0 Å². The fourth-order valence-electron chi connectivity index (χ4n) is 1.05. The molecule has 0 saturated heterocycles. The molecule has 0 aliphatic rings. The van der Waals surface area contributed by atoms with E-state index in [0.29, 0.717) is 5.46 Å². The van der Waals surface area contributed by atoms with Crippen LogP contribution in [0.3, 0.4) is 0 Å². The smallest absolute Gasteiger partial charge is 0.313 e. The Kier molecular flexibility index (Phi) is 2.46. The van der Waals surface area contributed by atoms with E-state index in [0.717, 1.165) is 5.56 Å². The summed E-state index contributed by atoms with van der Waals surface area (Å²) in [4.78, 5) is 10.9. The lowest BCUT2D eigenvalue weighted by atomic mass is 9.81. The Hall–Kier alpha value is -1.25. The first-order valence-corrected chi connectivity index (χ1v) is 4.04. The topological polar surface area (TPSA) is 37.3 Å². The lowest BCUT2D eigenvalue weighted by Gasteiger charge is -2.19. The van der Waals surface area contributed by atoms with Crippen molar-refractivity contribution in [3.63, 3.8) is 0 Å². The van der Waals surface area contributed by atoms with Crippen LogP contribution in [0.1, 0.15) is 19.4 Å². The van der Waals surface area contributed by atoms with Crippen molar-refractivity contribution in [2.24, 2.45) is 0 Å². The zero-order valence-electron chi connectivity index (χ0n) is 7.74. The lowest BCUT2D eigenvalue weighted by molar-refractivity contribution is -0.142. The van der Waals surface area contributed by atoms with Crippen molar-refractivity contribution >= 4 is 19.3 Å². The predicted octanol–water partition coefficient (Wildman–Crippen LogP) is 0.843. The molecule has 0 saturated carbocycles. The fraction of sp³-hybridized carbons (Fsp3) is 0.300. The summed E-state index contributed by atoms with van der Waals surface area (Å²) in [5, 5.41) is 8.94. The normalized spacial score (nSPS) is 11.2. The Morgan fingerprint density at radius 2 is 2.08 bits per heavy atom. The van der Waals surface area contributed by atoms with E-state index < -0.39 is 11.4 Å². The molecule has 0 heterocycles. The second-order valence-electron chi connectivity index (χ2n) is 3.56. The number of carboxylic acids is 1. The van der Waals surface area contributed by atoms with Crippen LogP contribution in [0.5, 0.6) is 0 Å². The number of rotatable bonds is 2. The summed E-state index contributed by atoms with van der Waals surface area (Å²) in [5.74, 6) is -0.849. The molecule has 0 atom stereocenters. The fourth-order valence-corrected chi connectivity index (χ4v) is 1.05. The Morgan fingerprint density at radius 3 is 2.54 bits per heavy atom. The molecule has 1 N–H and O–H groups in total. The average Bonchev–Trinajstić information content (AvgIpc) is 2.04. The molecule has 2 radical (unpaired) electrons. The van der Waals surface area contributed by atoms with Gasteiger partial charge in [0.25, 0.3) is 0 Å². The van der Waals surface area contributed by atoms with E-state index in [1.165, 1.54) is 0 Å². The summed E-state index contributed by atoms with van der Waals surface area (Å²) in [6.07, 6.45) is 0. The summed E-state index contributed by atoms with van der Waals surface area (Å²) in [7, 11) is 5.56. The van der Waals surface area contributed by atoms with Gasteiger partial charge in [0.05, 0.1) is 5.41 Å². The van der Waals surface area contributed by atoms with E-state index in [1.807, 2.05) is 0 Å². The van der Waals surface area contributed by atoms with Crippen molar-refractivity contribution in [3.8, 4) is 0 Å². The minimum atomic E-state index is -0.880. The number of aliphatic carboxylic acids is 1. The van der Waals surface area contributed by atoms with E-state index in [-0.39, 0.29) is 0 Å². The molecule has 0 amide bonds. The maximum Gasteiger partial charge on any atom is 0.313 e. The maximum atomic E-state index is 10.9. The quantitative estimate of drug-likeness (QED) is 0.674. The predicted molar refractivity (Wildman–Crippen MR) is 52.5 cm³/mol. The van der Waals surface area contributed by atoms with Crippen LogP contribution in [0.2, 0.25) is 0 Å². The van der Waals surface area contributed by atoms with E-state index in [1.54, 1.807) is 38.1 Å². The van der Waals surface area contributed by atoms with Crippen molar-refractivity contribution in [2.45, 2.75) is 19.3 Å². The molecular formula is C10H11BO2. The number of hydrogen-bond acceptors (Lipinski definition) is 1. The summed E-state index contributed by atoms with van der Waals surface area (Å²) in [6.45, 7) is 3.31. The standard InChI is InChI=1S/C10H11BO2/c1-10(2,9(12)13)7-4-3-5-8(11)6-7/h3-6H,1-2H3,(H,12,13). The van der Waals surface area contributed by atoms with Gasteiger partial charge in [-0.05, 0) is 19.4 Å². The van der Waals surface area contributed by atoms with Crippen molar-refractivity contribution in [2.75, 3.05) is 0 Å². The van der Waals surface area contributed by atoms with Crippen LogP contribution in [0.4, 0.5) is 0 Å². The van der Waals surface area contributed by atoms with Gasteiger partial charge < -0.3 is 5.11 Å². The first-order valence-electron chi connectivity index (χ1n) is 4.04. The highest BCUT2D eigenvalue weighted by Gasteiger charge is 2.28. The van der Waals surface area contributed by atoms with Gasteiger partial charge in [0.2, 0.25) is 0 Å². The van der Waals surface area contributed by atoms with Gasteiger partial charge in [-0.15, -0.1) is 0 Å². The first kappa shape index (κ1) is 9.84. The number of carboxylic acid groups (broad SMARTS) is 1. The van der Waals surface area contributed by atoms with Crippen LogP contribution in [0.15, 0.2) is 24.3 Å². The van der Waals surface area contributed by atoms with Crippen LogP contribution >= 0.6 is 0 Å². The summed E-state index contributed by atoms with van der Waals surface area (Å²) in [5.41, 5.74) is 0.432. The summed E-state index contributed by atoms with van der Waals surface area (Å²) in [6, 6.07) is 6.95. The van der Waals surface area contributed by atoms with Crippen molar-refractivity contribution in [3.05, 3.63) is 29.8 Å². The Bertz CT molecular complexity index is 331. The van der Waals surface area contributed by atoms with Gasteiger partial charge in [-0.25, -0.2) is 0 Å². The molecule has 2 nitrogen and oxygen atoms in total. The van der Waals surface area contributed by atoms with Crippen LogP contribution < -0.4 is 5.46 Å². The third kappa shape index (κ3) is 1.91. The van der Waals surface area contributed by atoms with Crippen molar-refractivity contribution in [1.82, 2.24) is 0 Å². The molecule has 0 fully saturated rings. The molecule has 1 aromatic rings. The molecule has 0 aromatic heterocycles. The lowest BCUT2D eigenvalue weighted by Crippen LogP contribution is -2.29. The second-order valence-corrected chi connectivity index (χ2v) is 3.56. The largest absolute Gasteiger partial charge is 0.481 e. The van der Waals surface area contributed by atoms with Crippen molar-refractivity contribution < 1.29 is 9.90 Å². The molecule has 0 unspecified atom stereocenters.